The third-order valence-corrected chi connectivity index (χ3v) is 6.34. The number of fused-ring (bicyclic) bond motifs is 5. The van der Waals surface area contributed by atoms with Crippen LogP contribution < -0.4 is 0 Å². The van der Waals surface area contributed by atoms with E-state index in [1.54, 1.807) is 11.1 Å². The van der Waals surface area contributed by atoms with E-state index >= 15 is 0 Å². The summed E-state index contributed by atoms with van der Waals surface area (Å²) in [7, 11) is 0. The minimum atomic E-state index is 0.169. The number of allylic oxidation sites excluding steroid dienone is 2. The summed E-state index contributed by atoms with van der Waals surface area (Å²) in [4.78, 5) is 0. The molecule has 0 bridgehead atoms. The van der Waals surface area contributed by atoms with Crippen LogP contribution in [0.4, 0.5) is 0 Å². The Balaban J connectivity index is 1.72. The van der Waals surface area contributed by atoms with Gasteiger partial charge in [-0.1, -0.05) is 37.3 Å². The number of nitrogens with zero attached hydrogens (tertiary/aromatic N) is 1. The molecule has 1 aromatic carbocycles. The lowest BCUT2D eigenvalue weighted by molar-refractivity contribution is 0.0780. The summed E-state index contributed by atoms with van der Waals surface area (Å²) in [5.74, 6) is 2.22. The molecule has 1 nitrogen and oxygen atoms in total. The third-order valence-electron chi connectivity index (χ3n) is 6.34. The van der Waals surface area contributed by atoms with Crippen LogP contribution in [0, 0.1) is 28.6 Å². The van der Waals surface area contributed by atoms with Gasteiger partial charge in [-0.05, 0) is 61.0 Å². The van der Waals surface area contributed by atoms with E-state index in [0.29, 0.717) is 5.92 Å². The highest BCUT2D eigenvalue weighted by atomic mass is 14.6. The van der Waals surface area contributed by atoms with Gasteiger partial charge < -0.3 is 0 Å². The Bertz CT molecular complexity index is 621. The Morgan fingerprint density at radius 1 is 1.25 bits per heavy atom. The molecule has 4 atom stereocenters. The van der Waals surface area contributed by atoms with Gasteiger partial charge in [-0.15, -0.1) is 0 Å². The largest absolute Gasteiger partial charge is 0.193 e. The van der Waals surface area contributed by atoms with E-state index in [1.165, 1.54) is 25.7 Å². The molecule has 1 saturated carbocycles. The zero-order valence-electron chi connectivity index (χ0n) is 12.1. The van der Waals surface area contributed by atoms with Crippen LogP contribution in [0.3, 0.4) is 0 Å². The van der Waals surface area contributed by atoms with Crippen molar-refractivity contribution in [2.75, 3.05) is 0 Å². The van der Waals surface area contributed by atoms with Crippen LogP contribution in [0.25, 0.3) is 0 Å². The zero-order valence-corrected chi connectivity index (χ0v) is 12.1. The first-order valence-corrected chi connectivity index (χ1v) is 7.92. The summed E-state index contributed by atoms with van der Waals surface area (Å²) in [5.41, 5.74) is 4.42. The molecule has 0 aliphatic heterocycles. The Morgan fingerprint density at radius 2 is 2.10 bits per heavy atom. The molecule has 0 aromatic heterocycles. The molecule has 1 fully saturated rings. The second-order valence-electron chi connectivity index (χ2n) is 7.04. The first kappa shape index (κ1) is 12.2. The first-order valence-electron chi connectivity index (χ1n) is 7.92. The van der Waals surface area contributed by atoms with E-state index in [2.05, 4.69) is 43.3 Å². The standard InChI is InChI=1S/C19H21N/c1-19-11-10-16-15-5-3-2-4-13(15)6-8-17(16)18(19)9-7-14(19)12-20/h2-5,7,16-18H,6,8-11H2,1H3. The van der Waals surface area contributed by atoms with Crippen LogP contribution in [0.5, 0.6) is 0 Å². The molecule has 3 aliphatic carbocycles. The predicted molar refractivity (Wildman–Crippen MR) is 80.1 cm³/mol. The average Bonchev–Trinajstić information content (AvgIpc) is 2.83. The molecule has 0 spiro atoms. The summed E-state index contributed by atoms with van der Waals surface area (Å²) >= 11 is 0. The quantitative estimate of drug-likeness (QED) is 0.671. The molecule has 0 amide bonds. The summed E-state index contributed by atoms with van der Waals surface area (Å²) < 4.78 is 0. The van der Waals surface area contributed by atoms with Gasteiger partial charge in [0.1, 0.15) is 0 Å². The molecule has 102 valence electrons. The number of rotatable bonds is 0. The monoisotopic (exact) mass is 263 g/mol. The summed E-state index contributed by atoms with van der Waals surface area (Å²) in [6.45, 7) is 2.34. The lowest BCUT2D eigenvalue weighted by Gasteiger charge is -2.49. The van der Waals surface area contributed by atoms with Gasteiger partial charge in [0, 0.05) is 11.0 Å². The van der Waals surface area contributed by atoms with Crippen LogP contribution in [-0.2, 0) is 6.42 Å². The van der Waals surface area contributed by atoms with Crippen LogP contribution in [0.2, 0.25) is 0 Å². The second kappa shape index (κ2) is 4.22. The Morgan fingerprint density at radius 3 is 2.95 bits per heavy atom. The van der Waals surface area contributed by atoms with Gasteiger partial charge in [0.25, 0.3) is 0 Å². The number of nitriles is 1. The molecule has 0 radical (unpaired) electrons. The maximum Gasteiger partial charge on any atom is 0.0949 e. The zero-order chi connectivity index (χ0) is 13.7. The molecule has 4 unspecified atom stereocenters. The molecular weight excluding hydrogens is 242 g/mol. The lowest BCUT2D eigenvalue weighted by Crippen LogP contribution is -2.41. The van der Waals surface area contributed by atoms with Gasteiger partial charge in [-0.2, -0.15) is 5.26 Å². The molecule has 4 rings (SSSR count). The van der Waals surface area contributed by atoms with Crippen LogP contribution in [0.15, 0.2) is 35.9 Å². The minimum absolute atomic E-state index is 0.169. The first-order chi connectivity index (χ1) is 9.74. The second-order valence-corrected chi connectivity index (χ2v) is 7.04. The highest BCUT2D eigenvalue weighted by molar-refractivity contribution is 5.39. The molecule has 1 heteroatoms. The van der Waals surface area contributed by atoms with Crippen molar-refractivity contribution in [3.8, 4) is 6.07 Å². The Labute approximate surface area is 121 Å². The highest BCUT2D eigenvalue weighted by Gasteiger charge is 2.51. The summed E-state index contributed by atoms with van der Waals surface area (Å²) in [6.07, 6.45) is 8.34. The van der Waals surface area contributed by atoms with Crippen molar-refractivity contribution >= 4 is 0 Å². The molecule has 1 aromatic rings. The summed E-state index contributed by atoms with van der Waals surface area (Å²) in [6, 6.07) is 11.5. The topological polar surface area (TPSA) is 23.8 Å². The van der Waals surface area contributed by atoms with Crippen molar-refractivity contribution in [3.63, 3.8) is 0 Å². The van der Waals surface area contributed by atoms with Crippen molar-refractivity contribution in [2.24, 2.45) is 17.3 Å². The van der Waals surface area contributed by atoms with Gasteiger partial charge in [0.15, 0.2) is 0 Å². The van der Waals surface area contributed by atoms with E-state index < -0.39 is 0 Å². The maximum atomic E-state index is 9.41. The fraction of sp³-hybridized carbons (Fsp3) is 0.526. The van der Waals surface area contributed by atoms with E-state index in [4.69, 9.17) is 0 Å². The van der Waals surface area contributed by atoms with Gasteiger partial charge in [-0.3, -0.25) is 0 Å². The van der Waals surface area contributed by atoms with Gasteiger partial charge in [-0.25, -0.2) is 0 Å². The van der Waals surface area contributed by atoms with Crippen molar-refractivity contribution < 1.29 is 0 Å². The fourth-order valence-electron chi connectivity index (χ4n) is 5.26. The highest BCUT2D eigenvalue weighted by Crippen LogP contribution is 2.60. The van der Waals surface area contributed by atoms with Gasteiger partial charge in [0.05, 0.1) is 6.07 Å². The lowest BCUT2D eigenvalue weighted by atomic mass is 9.54. The normalized spacial score (nSPS) is 38.2. The van der Waals surface area contributed by atoms with Gasteiger partial charge >= 0.3 is 0 Å². The van der Waals surface area contributed by atoms with E-state index in [0.717, 1.165) is 23.8 Å². The van der Waals surface area contributed by atoms with E-state index in [1.807, 2.05) is 0 Å². The number of aryl methyl sites for hydroxylation is 1. The van der Waals surface area contributed by atoms with E-state index in [-0.39, 0.29) is 5.41 Å². The fourth-order valence-corrected chi connectivity index (χ4v) is 5.26. The van der Waals surface area contributed by atoms with Crippen molar-refractivity contribution in [1.82, 2.24) is 0 Å². The van der Waals surface area contributed by atoms with Crippen LogP contribution in [0.1, 0.15) is 49.7 Å². The van der Waals surface area contributed by atoms with Crippen molar-refractivity contribution in [1.29, 1.82) is 5.26 Å². The Kier molecular flexibility index (Phi) is 2.58. The molecule has 3 aliphatic rings. The average molecular weight is 263 g/mol. The third kappa shape index (κ3) is 1.48. The summed E-state index contributed by atoms with van der Waals surface area (Å²) in [5, 5.41) is 9.41. The van der Waals surface area contributed by atoms with Crippen molar-refractivity contribution in [2.45, 2.75) is 44.9 Å². The van der Waals surface area contributed by atoms with Crippen molar-refractivity contribution in [3.05, 3.63) is 47.0 Å². The maximum absolute atomic E-state index is 9.41. The molecule has 20 heavy (non-hydrogen) atoms. The number of benzene rings is 1. The molecule has 0 heterocycles. The number of hydrogen-bond donors (Lipinski definition) is 0. The van der Waals surface area contributed by atoms with Crippen LogP contribution >= 0.6 is 0 Å². The van der Waals surface area contributed by atoms with E-state index in [9.17, 15) is 5.26 Å². The SMILES string of the molecule is CC12CCC3c4ccccc4CCC3C1CC=C2C#N. The van der Waals surface area contributed by atoms with Crippen LogP contribution in [-0.4, -0.2) is 0 Å². The Hall–Kier alpha value is -1.55. The number of hydrogen-bond acceptors (Lipinski definition) is 1. The molecule has 0 saturated heterocycles. The minimum Gasteiger partial charge on any atom is -0.193 e. The molecular formula is C19H21N. The van der Waals surface area contributed by atoms with Gasteiger partial charge in [0.2, 0.25) is 0 Å². The molecule has 0 N–H and O–H groups in total. The predicted octanol–water partition coefficient (Wildman–Crippen LogP) is 4.60. The smallest absolute Gasteiger partial charge is 0.0949 e.